The molecule has 0 N–H and O–H groups in total. The van der Waals surface area contributed by atoms with Crippen LogP contribution in [0.1, 0.15) is 22.5 Å². The minimum Gasteiger partial charge on any atom is -0.872 e. The number of benzene rings is 2. The Morgan fingerprint density at radius 1 is 0.500 bits per heavy atom. The van der Waals surface area contributed by atoms with Crippen molar-refractivity contribution in [2.45, 2.75) is 12.8 Å². The fraction of sp³-hybridized carbons (Fsp3) is 0.143. The van der Waals surface area contributed by atoms with E-state index in [9.17, 15) is 10.2 Å². The van der Waals surface area contributed by atoms with E-state index in [4.69, 9.17) is 37.3 Å². The number of aliphatic imine (C=N–C) groups is 2. The van der Waals surface area contributed by atoms with Crippen LogP contribution in [0, 0.1) is 20.5 Å². The second-order valence-corrected chi connectivity index (χ2v) is 9.56. The van der Waals surface area contributed by atoms with E-state index in [1.54, 1.807) is 61.2 Å². The third-order valence-corrected chi connectivity index (χ3v) is 4.75. The van der Waals surface area contributed by atoms with Crippen molar-refractivity contribution in [3.8, 4) is 11.5 Å². The molecule has 0 atom stereocenters. The predicted molar refractivity (Wildman–Crippen MR) is 133 cm³/mol. The van der Waals surface area contributed by atoms with Gasteiger partial charge in [0.1, 0.15) is 0 Å². The van der Waals surface area contributed by atoms with E-state index in [0.717, 1.165) is 24.2 Å². The Morgan fingerprint density at radius 2 is 0.804 bits per heavy atom. The predicted octanol–water partition coefficient (Wildman–Crippen LogP) is -5.88. The van der Waals surface area contributed by atoms with Gasteiger partial charge in [-0.3, -0.25) is 20.0 Å². The van der Waals surface area contributed by atoms with Crippen molar-refractivity contribution >= 4 is 12.4 Å². The van der Waals surface area contributed by atoms with Crippen LogP contribution in [0.15, 0.2) is 107 Å². The third-order valence-electron chi connectivity index (χ3n) is 4.75. The smallest absolute Gasteiger partial charge is 0.872 e. The summed E-state index contributed by atoms with van der Waals surface area (Å²) in [5, 5.41) is 22.8. The topological polar surface area (TPSA) is 281 Å². The molecule has 4 aromatic rings. The molecule has 0 aliphatic carbocycles. The van der Waals surface area contributed by atoms with Gasteiger partial charge in [-0.25, -0.2) is 37.3 Å². The molecule has 0 fully saturated rings. The molecule has 0 unspecified atom stereocenters. The standard InChI is InChI=1S/2C14H14N2O.2ClHO4.2Cu/c2*17-14-7-2-1-5-12(14)11-15-10-8-13-6-3-4-9-16-13;2*2-1(3,4)5;;/h2*1-7,9,11,17H,8,10H2;2*(H,2,3,4,5);;/q;;;;2*+2/p-4. The van der Waals surface area contributed by atoms with Crippen LogP contribution in [0.2, 0.25) is 0 Å². The van der Waals surface area contributed by atoms with E-state index >= 15 is 0 Å². The van der Waals surface area contributed by atoms with Crippen LogP contribution in [-0.4, -0.2) is 35.5 Å². The van der Waals surface area contributed by atoms with Gasteiger partial charge in [0, 0.05) is 62.1 Å². The van der Waals surface area contributed by atoms with Crippen LogP contribution in [-0.2, 0) is 47.0 Å². The monoisotopic (exact) mass is 774 g/mol. The van der Waals surface area contributed by atoms with Gasteiger partial charge >= 0.3 is 34.1 Å². The van der Waals surface area contributed by atoms with Gasteiger partial charge in [-0.1, -0.05) is 60.7 Å². The molecule has 2 aromatic carbocycles. The number of halogens is 2. The largest absolute Gasteiger partial charge is 2.00 e. The molecule has 0 spiro atoms. The van der Waals surface area contributed by atoms with Crippen LogP contribution in [0.5, 0.6) is 11.5 Å². The van der Waals surface area contributed by atoms with Crippen LogP contribution in [0.4, 0.5) is 0 Å². The average molecular weight is 777 g/mol. The van der Waals surface area contributed by atoms with Crippen molar-refractivity contribution in [3.05, 3.63) is 120 Å². The van der Waals surface area contributed by atoms with Crippen LogP contribution in [0.25, 0.3) is 0 Å². The van der Waals surface area contributed by atoms with Gasteiger partial charge in [0.25, 0.3) is 0 Å². The molecule has 2 heterocycles. The Balaban J connectivity index is 0. The molecule has 2 aromatic heterocycles. The van der Waals surface area contributed by atoms with Gasteiger partial charge in [-0.2, -0.15) is 0 Å². The summed E-state index contributed by atoms with van der Waals surface area (Å²) in [4.78, 5) is 16.9. The van der Waals surface area contributed by atoms with E-state index in [1.807, 2.05) is 48.5 Å². The van der Waals surface area contributed by atoms with Gasteiger partial charge in [-0.15, -0.1) is 32.0 Å². The summed E-state index contributed by atoms with van der Waals surface area (Å²) >= 11 is 0. The maximum absolute atomic E-state index is 11.4. The van der Waals surface area contributed by atoms with E-state index in [0.29, 0.717) is 24.2 Å². The summed E-state index contributed by atoms with van der Waals surface area (Å²) in [6, 6.07) is 25.4. The number of hydrogen-bond donors (Lipinski definition) is 0. The minimum atomic E-state index is -4.94. The first-order chi connectivity index (χ1) is 20.7. The molecule has 0 bridgehead atoms. The summed E-state index contributed by atoms with van der Waals surface area (Å²) in [5.74, 6) is 0.0168. The van der Waals surface area contributed by atoms with Crippen molar-refractivity contribution in [1.82, 2.24) is 9.97 Å². The number of nitrogens with zero attached hydrogens (tertiary/aromatic N) is 4. The fourth-order valence-corrected chi connectivity index (χ4v) is 2.95. The van der Waals surface area contributed by atoms with Gasteiger partial charge < -0.3 is 10.2 Å². The molecule has 0 saturated carbocycles. The van der Waals surface area contributed by atoms with Gasteiger partial charge in [-0.05, 0) is 35.4 Å². The Hall–Kier alpha value is -3.02. The molecule has 18 heteroatoms. The molecule has 0 aliphatic rings. The number of pyridine rings is 2. The molecule has 4 rings (SSSR count). The first kappa shape index (κ1) is 45.1. The first-order valence-electron chi connectivity index (χ1n) is 12.3. The second kappa shape index (κ2) is 25.1. The van der Waals surface area contributed by atoms with E-state index in [2.05, 4.69) is 20.0 Å². The molecule has 0 saturated heterocycles. The van der Waals surface area contributed by atoms with E-state index in [-0.39, 0.29) is 45.6 Å². The summed E-state index contributed by atoms with van der Waals surface area (Å²) < 4.78 is 67.9. The number of aromatic nitrogens is 2. The summed E-state index contributed by atoms with van der Waals surface area (Å²) in [6.45, 7) is 1.29. The Morgan fingerprint density at radius 3 is 1.09 bits per heavy atom. The Bertz CT molecular complexity index is 1280. The number of rotatable bonds is 8. The fourth-order valence-electron chi connectivity index (χ4n) is 2.95. The molecular formula is C28H26Cl2Cu2N4O10. The summed E-state index contributed by atoms with van der Waals surface area (Å²) in [6.07, 6.45) is 8.38. The Kier molecular flexibility index (Phi) is 24.6. The van der Waals surface area contributed by atoms with Crippen molar-refractivity contribution in [3.63, 3.8) is 0 Å². The summed E-state index contributed by atoms with van der Waals surface area (Å²) in [7, 11) is -9.89. The van der Waals surface area contributed by atoms with Crippen LogP contribution >= 0.6 is 0 Å². The third kappa shape index (κ3) is 27.3. The quantitative estimate of drug-likeness (QED) is 0.120. The molecule has 254 valence electrons. The van der Waals surface area contributed by atoms with Crippen molar-refractivity contribution < 1.29 is 102 Å². The molecular weight excluding hydrogens is 750 g/mol. The maximum Gasteiger partial charge on any atom is 2.00 e. The second-order valence-electron chi connectivity index (χ2n) is 8.04. The first-order valence-corrected chi connectivity index (χ1v) is 14.7. The SMILES string of the molecule is [Cu+2].[Cu+2].[O-][Cl+3]([O-])([O-])[O-].[O-][Cl+3]([O-])([O-])[O-].[O-]c1ccccc1C=NCCc1ccccn1.[O-]c1ccccc1C=NCCc1ccccn1. The molecule has 2 radical (unpaired) electrons. The molecule has 46 heavy (non-hydrogen) atoms. The zero-order valence-electron chi connectivity index (χ0n) is 23.5. The van der Waals surface area contributed by atoms with Crippen molar-refractivity contribution in [1.29, 1.82) is 0 Å². The van der Waals surface area contributed by atoms with Crippen molar-refractivity contribution in [2.24, 2.45) is 9.98 Å². The zero-order chi connectivity index (χ0) is 32.8. The minimum absolute atomic E-state index is 0. The normalized spacial score (nSPS) is 10.6. The van der Waals surface area contributed by atoms with Crippen LogP contribution in [0.3, 0.4) is 0 Å². The van der Waals surface area contributed by atoms with Gasteiger partial charge in [0.15, 0.2) is 0 Å². The molecule has 0 aliphatic heterocycles. The number of para-hydroxylation sites is 2. The van der Waals surface area contributed by atoms with Crippen LogP contribution < -0.4 is 47.5 Å². The van der Waals surface area contributed by atoms with Gasteiger partial charge in [0.05, 0.1) is 0 Å². The zero-order valence-corrected chi connectivity index (χ0v) is 26.8. The molecule has 0 amide bonds. The number of hydrogen-bond acceptors (Lipinski definition) is 14. The Labute approximate surface area is 290 Å². The van der Waals surface area contributed by atoms with E-state index < -0.39 is 20.5 Å². The van der Waals surface area contributed by atoms with E-state index in [1.165, 1.54) is 0 Å². The summed E-state index contributed by atoms with van der Waals surface area (Å²) in [5.41, 5.74) is 3.29. The van der Waals surface area contributed by atoms with Gasteiger partial charge in [0.2, 0.25) is 0 Å². The van der Waals surface area contributed by atoms with Crippen molar-refractivity contribution in [2.75, 3.05) is 13.1 Å². The average Bonchev–Trinajstić information content (AvgIpc) is 2.95. The molecule has 14 nitrogen and oxygen atoms in total. The maximum atomic E-state index is 11.4.